The highest BCUT2D eigenvalue weighted by Crippen LogP contribution is 2.31. The molecule has 0 atom stereocenters. The maximum absolute atomic E-state index is 12.9. The number of hydrogen-bond acceptors (Lipinski definition) is 7. The van der Waals surface area contributed by atoms with Crippen molar-refractivity contribution in [3.05, 3.63) is 77.6 Å². The lowest BCUT2D eigenvalue weighted by Crippen LogP contribution is -2.17. The summed E-state index contributed by atoms with van der Waals surface area (Å²) in [6.07, 6.45) is 2.61. The van der Waals surface area contributed by atoms with Crippen LogP contribution in [-0.2, 0) is 17.1 Å². The maximum Gasteiger partial charge on any atom is 0.267 e. The predicted molar refractivity (Wildman–Crippen MR) is 131 cm³/mol. The van der Waals surface area contributed by atoms with Crippen LogP contribution in [0.15, 0.2) is 65.8 Å². The second-order valence-corrected chi connectivity index (χ2v) is 9.53. The minimum Gasteiger partial charge on any atom is -0.439 e. The standard InChI is InChI=1S/C24H24N6O4S/c1-15-7-5-8-16(2)22(15)20-12-21(34-18-10-6-9-17(11-18)23(31)25-3)28-24(27-20)29-35(32,33)19-13-26-30(4)14-19/h5-14H,1-4H3,(H,25,31)(H,27,28,29). The van der Waals surface area contributed by atoms with Crippen molar-refractivity contribution in [3.63, 3.8) is 0 Å². The Kier molecular flexibility index (Phi) is 6.52. The van der Waals surface area contributed by atoms with Gasteiger partial charge in [0.25, 0.3) is 15.9 Å². The van der Waals surface area contributed by atoms with Crippen LogP contribution < -0.4 is 14.8 Å². The van der Waals surface area contributed by atoms with Crippen LogP contribution in [0, 0.1) is 13.8 Å². The van der Waals surface area contributed by atoms with E-state index in [-0.39, 0.29) is 22.6 Å². The Morgan fingerprint density at radius 3 is 2.40 bits per heavy atom. The Hall–Kier alpha value is -4.25. The van der Waals surface area contributed by atoms with Crippen molar-refractivity contribution in [2.24, 2.45) is 7.05 Å². The highest BCUT2D eigenvalue weighted by molar-refractivity contribution is 7.92. The van der Waals surface area contributed by atoms with E-state index >= 15 is 0 Å². The van der Waals surface area contributed by atoms with Gasteiger partial charge in [-0.1, -0.05) is 24.3 Å². The van der Waals surface area contributed by atoms with Gasteiger partial charge in [-0.2, -0.15) is 10.1 Å². The van der Waals surface area contributed by atoms with E-state index in [1.165, 1.54) is 24.1 Å². The monoisotopic (exact) mass is 492 g/mol. The second kappa shape index (κ2) is 9.55. The van der Waals surface area contributed by atoms with E-state index in [1.807, 2.05) is 32.0 Å². The van der Waals surface area contributed by atoms with Crippen LogP contribution in [0.3, 0.4) is 0 Å². The topological polar surface area (TPSA) is 128 Å². The van der Waals surface area contributed by atoms with Gasteiger partial charge in [0, 0.05) is 37.5 Å². The predicted octanol–water partition coefficient (Wildman–Crippen LogP) is 3.45. The van der Waals surface area contributed by atoms with Crippen molar-refractivity contribution in [1.29, 1.82) is 0 Å². The molecule has 0 aliphatic carbocycles. The summed E-state index contributed by atoms with van der Waals surface area (Å²) in [6, 6.07) is 14.0. The van der Waals surface area contributed by atoms with Gasteiger partial charge in [-0.05, 0) is 43.2 Å². The number of aromatic nitrogens is 4. The highest BCUT2D eigenvalue weighted by Gasteiger charge is 2.20. The number of aryl methyl sites for hydroxylation is 3. The van der Waals surface area contributed by atoms with Gasteiger partial charge >= 0.3 is 0 Å². The number of anilines is 1. The molecule has 0 bridgehead atoms. The number of hydrogen-bond donors (Lipinski definition) is 2. The minimum atomic E-state index is -3.99. The first-order valence-corrected chi connectivity index (χ1v) is 12.1. The van der Waals surface area contributed by atoms with Crippen LogP contribution in [0.4, 0.5) is 5.95 Å². The summed E-state index contributed by atoms with van der Waals surface area (Å²) in [5.41, 5.74) is 3.64. The molecule has 0 radical (unpaired) electrons. The van der Waals surface area contributed by atoms with E-state index < -0.39 is 10.0 Å². The van der Waals surface area contributed by atoms with Crippen LogP contribution in [-0.4, -0.2) is 41.1 Å². The van der Waals surface area contributed by atoms with Crippen molar-refractivity contribution in [2.75, 3.05) is 11.8 Å². The molecule has 2 N–H and O–H groups in total. The van der Waals surface area contributed by atoms with Crippen molar-refractivity contribution in [3.8, 4) is 22.9 Å². The number of ether oxygens (including phenoxy) is 1. The Morgan fingerprint density at radius 2 is 1.74 bits per heavy atom. The summed E-state index contributed by atoms with van der Waals surface area (Å²) in [7, 11) is -0.829. The molecule has 0 aliphatic rings. The average Bonchev–Trinajstić information content (AvgIpc) is 3.25. The molecule has 0 saturated carbocycles. The lowest BCUT2D eigenvalue weighted by molar-refractivity contribution is 0.0962. The smallest absolute Gasteiger partial charge is 0.267 e. The Labute approximate surface area is 203 Å². The fraction of sp³-hybridized carbons (Fsp3) is 0.167. The Balaban J connectivity index is 1.78. The van der Waals surface area contributed by atoms with Crippen LogP contribution >= 0.6 is 0 Å². The molecule has 1 amide bonds. The van der Waals surface area contributed by atoms with Gasteiger partial charge in [0.2, 0.25) is 11.8 Å². The normalized spacial score (nSPS) is 11.2. The van der Waals surface area contributed by atoms with Crippen molar-refractivity contribution in [2.45, 2.75) is 18.7 Å². The van der Waals surface area contributed by atoms with E-state index in [0.29, 0.717) is 17.0 Å². The van der Waals surface area contributed by atoms with Gasteiger partial charge in [-0.25, -0.2) is 18.1 Å². The van der Waals surface area contributed by atoms with Gasteiger partial charge in [0.05, 0.1) is 11.9 Å². The molecule has 2 aromatic carbocycles. The number of carbonyl (C=O) groups excluding carboxylic acids is 1. The summed E-state index contributed by atoms with van der Waals surface area (Å²) < 4.78 is 35.5. The molecule has 11 heteroatoms. The van der Waals surface area contributed by atoms with Crippen molar-refractivity contribution < 1.29 is 17.9 Å². The van der Waals surface area contributed by atoms with Crippen LogP contribution in [0.5, 0.6) is 11.6 Å². The molecule has 10 nitrogen and oxygen atoms in total. The molecule has 0 fully saturated rings. The van der Waals surface area contributed by atoms with Crippen LogP contribution in [0.1, 0.15) is 21.5 Å². The first-order valence-electron chi connectivity index (χ1n) is 10.6. The average molecular weight is 493 g/mol. The molecule has 4 aromatic rings. The van der Waals surface area contributed by atoms with Crippen molar-refractivity contribution in [1.82, 2.24) is 25.1 Å². The largest absolute Gasteiger partial charge is 0.439 e. The number of carbonyl (C=O) groups is 1. The molecule has 2 aromatic heterocycles. The number of benzene rings is 2. The zero-order valence-corrected chi connectivity index (χ0v) is 20.4. The van der Waals surface area contributed by atoms with Gasteiger partial charge in [0.15, 0.2) is 0 Å². The summed E-state index contributed by atoms with van der Waals surface area (Å²) in [4.78, 5) is 20.7. The van der Waals surface area contributed by atoms with Gasteiger partial charge in [-0.15, -0.1) is 0 Å². The molecule has 0 aliphatic heterocycles. The Bertz CT molecular complexity index is 1490. The Morgan fingerprint density at radius 1 is 1.03 bits per heavy atom. The lowest BCUT2D eigenvalue weighted by Gasteiger charge is -2.14. The summed E-state index contributed by atoms with van der Waals surface area (Å²) >= 11 is 0. The molecule has 180 valence electrons. The molecule has 35 heavy (non-hydrogen) atoms. The summed E-state index contributed by atoms with van der Waals surface area (Å²) in [5.74, 6) is 0.0414. The minimum absolute atomic E-state index is 0.0261. The quantitative estimate of drug-likeness (QED) is 0.404. The van der Waals surface area contributed by atoms with Gasteiger partial charge in [0.1, 0.15) is 10.6 Å². The molecule has 0 unspecified atom stereocenters. The molecule has 2 heterocycles. The molecular formula is C24H24N6O4S. The third kappa shape index (κ3) is 5.30. The third-order valence-corrected chi connectivity index (χ3v) is 6.49. The number of nitrogens with one attached hydrogen (secondary N) is 2. The molecule has 4 rings (SSSR count). The first kappa shape index (κ1) is 23.9. The van der Waals surface area contributed by atoms with E-state index in [1.54, 1.807) is 37.4 Å². The third-order valence-electron chi connectivity index (χ3n) is 5.20. The fourth-order valence-electron chi connectivity index (χ4n) is 3.55. The van der Waals surface area contributed by atoms with E-state index in [2.05, 4.69) is 25.1 Å². The van der Waals surface area contributed by atoms with Gasteiger partial charge in [-0.3, -0.25) is 9.48 Å². The van der Waals surface area contributed by atoms with Crippen LogP contribution in [0.25, 0.3) is 11.3 Å². The highest BCUT2D eigenvalue weighted by atomic mass is 32.2. The number of nitrogens with zero attached hydrogens (tertiary/aromatic N) is 4. The first-order chi connectivity index (χ1) is 16.7. The van der Waals surface area contributed by atoms with Crippen molar-refractivity contribution >= 4 is 21.9 Å². The number of rotatable bonds is 7. The SMILES string of the molecule is CNC(=O)c1cccc(Oc2cc(-c3c(C)cccc3C)nc(NS(=O)(=O)c3cnn(C)c3)n2)c1. The summed E-state index contributed by atoms with van der Waals surface area (Å²) in [5, 5.41) is 6.48. The molecular weight excluding hydrogens is 468 g/mol. The second-order valence-electron chi connectivity index (χ2n) is 7.85. The zero-order valence-electron chi connectivity index (χ0n) is 19.6. The van der Waals surface area contributed by atoms with E-state index in [9.17, 15) is 13.2 Å². The maximum atomic E-state index is 12.9. The van der Waals surface area contributed by atoms with Crippen LogP contribution in [0.2, 0.25) is 0 Å². The summed E-state index contributed by atoms with van der Waals surface area (Å²) in [6.45, 7) is 3.88. The zero-order chi connectivity index (χ0) is 25.2. The van der Waals surface area contributed by atoms with Gasteiger partial charge < -0.3 is 10.1 Å². The molecule has 0 saturated heterocycles. The number of sulfonamides is 1. The van der Waals surface area contributed by atoms with E-state index in [4.69, 9.17) is 4.74 Å². The fourth-order valence-corrected chi connectivity index (χ4v) is 4.48. The lowest BCUT2D eigenvalue weighted by atomic mass is 10.00. The number of amides is 1. The molecule has 0 spiro atoms. The van der Waals surface area contributed by atoms with E-state index in [0.717, 1.165) is 16.7 Å².